The van der Waals surface area contributed by atoms with Gasteiger partial charge in [-0.2, -0.15) is 0 Å². The molecule has 0 bridgehead atoms. The Morgan fingerprint density at radius 1 is 1.40 bits per heavy atom. The lowest BCUT2D eigenvalue weighted by atomic mass is 10.3. The summed E-state index contributed by atoms with van der Waals surface area (Å²) in [6.45, 7) is 6.52. The molecule has 1 heteroatoms. The van der Waals surface area contributed by atoms with Gasteiger partial charge in [0.25, 0.3) is 0 Å². The van der Waals surface area contributed by atoms with Crippen LogP contribution in [0, 0.1) is 11.2 Å². The molecule has 0 aliphatic carbocycles. The van der Waals surface area contributed by atoms with Gasteiger partial charge in [0, 0.05) is 11.7 Å². The van der Waals surface area contributed by atoms with Crippen molar-refractivity contribution in [2.45, 2.75) is 45.3 Å². The first kappa shape index (κ1) is 9.91. The predicted molar refractivity (Wildman–Crippen MR) is 50.0 cm³/mol. The van der Waals surface area contributed by atoms with Gasteiger partial charge in [0.2, 0.25) is 0 Å². The first-order valence-corrected chi connectivity index (χ1v) is 4.78. The van der Waals surface area contributed by atoms with Crippen molar-refractivity contribution in [3.63, 3.8) is 0 Å². The highest BCUT2D eigenvalue weighted by Crippen LogP contribution is 2.05. The van der Waals surface area contributed by atoms with Crippen molar-refractivity contribution in [3.05, 3.63) is 0 Å². The Morgan fingerprint density at radius 3 is 2.60 bits per heavy atom. The normalized spacial score (nSPS) is 9.20. The van der Waals surface area contributed by atoms with Crippen LogP contribution in [-0.2, 0) is 0 Å². The van der Waals surface area contributed by atoms with E-state index in [0.717, 1.165) is 6.42 Å². The van der Waals surface area contributed by atoms with E-state index < -0.39 is 0 Å². The molecule has 0 aromatic rings. The average Bonchev–Trinajstić information content (AvgIpc) is 1.87. The molecule has 0 aliphatic heterocycles. The summed E-state index contributed by atoms with van der Waals surface area (Å²) in [7, 11) is 0. The van der Waals surface area contributed by atoms with E-state index in [-0.39, 0.29) is 0 Å². The monoisotopic (exact) mass is 156 g/mol. The maximum Gasteiger partial charge on any atom is 0.0114 e. The first-order chi connectivity index (χ1) is 4.77. The SMILES string of the molecule is CCCCC#CSC(C)C. The topological polar surface area (TPSA) is 0 Å². The molecule has 0 heterocycles. The molecule has 58 valence electrons. The summed E-state index contributed by atoms with van der Waals surface area (Å²) in [6, 6.07) is 0. The van der Waals surface area contributed by atoms with Gasteiger partial charge in [-0.1, -0.05) is 44.9 Å². The lowest BCUT2D eigenvalue weighted by molar-refractivity contribution is 0.828. The highest BCUT2D eigenvalue weighted by molar-refractivity contribution is 8.04. The van der Waals surface area contributed by atoms with Crippen LogP contribution in [0.25, 0.3) is 0 Å². The third-order valence-electron chi connectivity index (χ3n) is 1.02. The van der Waals surface area contributed by atoms with Gasteiger partial charge in [-0.25, -0.2) is 0 Å². The molecular formula is C9H16S. The molecule has 0 radical (unpaired) electrons. The third-order valence-corrected chi connectivity index (χ3v) is 1.76. The number of unbranched alkanes of at least 4 members (excludes halogenated alkanes) is 2. The van der Waals surface area contributed by atoms with Gasteiger partial charge in [0.1, 0.15) is 0 Å². The van der Waals surface area contributed by atoms with Crippen LogP contribution in [0.2, 0.25) is 0 Å². The summed E-state index contributed by atoms with van der Waals surface area (Å²) in [5.41, 5.74) is 0. The van der Waals surface area contributed by atoms with Gasteiger partial charge in [-0.3, -0.25) is 0 Å². The Kier molecular flexibility index (Phi) is 6.96. The number of hydrogen-bond acceptors (Lipinski definition) is 1. The molecule has 0 unspecified atom stereocenters. The summed E-state index contributed by atoms with van der Waals surface area (Å²) in [6.07, 6.45) is 3.56. The highest BCUT2D eigenvalue weighted by atomic mass is 32.2. The van der Waals surface area contributed by atoms with Crippen molar-refractivity contribution >= 4 is 11.8 Å². The molecular weight excluding hydrogens is 140 g/mol. The van der Waals surface area contributed by atoms with Gasteiger partial charge in [-0.15, -0.1) is 0 Å². The Balaban J connectivity index is 3.14. The standard InChI is InChI=1S/C9H16S/c1-4-5-6-7-8-10-9(2)3/h9H,4-6H2,1-3H3. The molecule has 10 heavy (non-hydrogen) atoms. The van der Waals surface area contributed by atoms with E-state index in [1.165, 1.54) is 12.8 Å². The number of hydrogen-bond donors (Lipinski definition) is 0. The molecule has 0 aliphatic rings. The van der Waals surface area contributed by atoms with Crippen molar-refractivity contribution in [1.29, 1.82) is 0 Å². The molecule has 0 rings (SSSR count). The van der Waals surface area contributed by atoms with E-state index in [0.29, 0.717) is 5.25 Å². The highest BCUT2D eigenvalue weighted by Gasteiger charge is 1.86. The largest absolute Gasteiger partial charge is 0.0913 e. The van der Waals surface area contributed by atoms with Crippen LogP contribution in [0.5, 0.6) is 0 Å². The molecule has 0 nitrogen and oxygen atoms in total. The van der Waals surface area contributed by atoms with Crippen molar-refractivity contribution in [2.75, 3.05) is 0 Å². The fourth-order valence-corrected chi connectivity index (χ4v) is 0.897. The van der Waals surface area contributed by atoms with Crippen LogP contribution in [0.4, 0.5) is 0 Å². The van der Waals surface area contributed by atoms with Crippen LogP contribution >= 0.6 is 11.8 Å². The third kappa shape index (κ3) is 7.91. The van der Waals surface area contributed by atoms with Gasteiger partial charge in [0.05, 0.1) is 0 Å². The van der Waals surface area contributed by atoms with Crippen LogP contribution in [0.1, 0.15) is 40.0 Å². The maximum absolute atomic E-state index is 3.13. The van der Waals surface area contributed by atoms with Gasteiger partial charge in [-0.05, 0) is 11.7 Å². The summed E-state index contributed by atoms with van der Waals surface area (Å²) in [5, 5.41) is 3.73. The molecule has 0 fully saturated rings. The van der Waals surface area contributed by atoms with Crippen LogP contribution in [-0.4, -0.2) is 5.25 Å². The number of rotatable bonds is 3. The fraction of sp³-hybridized carbons (Fsp3) is 0.778. The Bertz CT molecular complexity index is 116. The van der Waals surface area contributed by atoms with E-state index in [9.17, 15) is 0 Å². The second kappa shape index (κ2) is 7.02. The molecule has 0 atom stereocenters. The molecule has 0 N–H and O–H groups in total. The zero-order valence-electron chi connectivity index (χ0n) is 7.11. The first-order valence-electron chi connectivity index (χ1n) is 3.91. The van der Waals surface area contributed by atoms with Gasteiger partial charge >= 0.3 is 0 Å². The van der Waals surface area contributed by atoms with Crippen molar-refractivity contribution in [3.8, 4) is 11.2 Å². The van der Waals surface area contributed by atoms with E-state index in [4.69, 9.17) is 0 Å². The fourth-order valence-electron chi connectivity index (χ4n) is 0.476. The van der Waals surface area contributed by atoms with E-state index in [1.807, 2.05) is 0 Å². The minimum absolute atomic E-state index is 0.647. The van der Waals surface area contributed by atoms with Gasteiger partial charge in [0.15, 0.2) is 0 Å². The second-order valence-corrected chi connectivity index (χ2v) is 3.93. The Hall–Kier alpha value is -0.0900. The number of thioether (sulfide) groups is 1. The molecule has 0 saturated carbocycles. The summed E-state index contributed by atoms with van der Waals surface area (Å²) < 4.78 is 0. The minimum atomic E-state index is 0.647. The molecule has 0 aromatic carbocycles. The van der Waals surface area contributed by atoms with Crippen LogP contribution in [0.15, 0.2) is 0 Å². The molecule has 0 aromatic heterocycles. The van der Waals surface area contributed by atoms with Crippen LogP contribution in [0.3, 0.4) is 0 Å². The van der Waals surface area contributed by atoms with Crippen molar-refractivity contribution in [2.24, 2.45) is 0 Å². The zero-order chi connectivity index (χ0) is 7.82. The summed E-state index contributed by atoms with van der Waals surface area (Å²) in [5.74, 6) is 3.13. The quantitative estimate of drug-likeness (QED) is 0.446. The van der Waals surface area contributed by atoms with Gasteiger partial charge < -0.3 is 0 Å². The summed E-state index contributed by atoms with van der Waals surface area (Å²) >= 11 is 1.72. The second-order valence-electron chi connectivity index (χ2n) is 2.55. The maximum atomic E-state index is 3.13. The molecule has 0 spiro atoms. The minimum Gasteiger partial charge on any atom is -0.0913 e. The van der Waals surface area contributed by atoms with E-state index >= 15 is 0 Å². The van der Waals surface area contributed by atoms with Crippen molar-refractivity contribution < 1.29 is 0 Å². The predicted octanol–water partition coefficient (Wildman–Crippen LogP) is 3.28. The summed E-state index contributed by atoms with van der Waals surface area (Å²) in [4.78, 5) is 0. The lowest BCUT2D eigenvalue weighted by Gasteiger charge is -1.91. The Morgan fingerprint density at radius 2 is 2.10 bits per heavy atom. The average molecular weight is 156 g/mol. The zero-order valence-corrected chi connectivity index (χ0v) is 7.92. The molecule has 0 amide bonds. The Labute approximate surface area is 68.8 Å². The molecule has 0 saturated heterocycles. The smallest absolute Gasteiger partial charge is 0.0114 e. The van der Waals surface area contributed by atoms with Crippen molar-refractivity contribution in [1.82, 2.24) is 0 Å². The van der Waals surface area contributed by atoms with Crippen LogP contribution < -0.4 is 0 Å². The lowest BCUT2D eigenvalue weighted by Crippen LogP contribution is -1.80. The van der Waals surface area contributed by atoms with E-state index in [2.05, 4.69) is 31.9 Å². The van der Waals surface area contributed by atoms with E-state index in [1.54, 1.807) is 11.8 Å².